The average Bonchev–Trinajstić information content (AvgIpc) is 3.85. The molecule has 11 aromatic rings. The molecule has 0 radical (unpaired) electrons. The van der Waals surface area contributed by atoms with Crippen LogP contribution in [0.3, 0.4) is 0 Å². The fraction of sp³-hybridized carbons (Fsp3) is 0. The van der Waals surface area contributed by atoms with E-state index in [1.54, 1.807) is 0 Å². The van der Waals surface area contributed by atoms with Gasteiger partial charge in [0.05, 0.1) is 0 Å². The van der Waals surface area contributed by atoms with Crippen LogP contribution < -0.4 is 0 Å². The fourth-order valence-corrected chi connectivity index (χ4v) is 7.31. The van der Waals surface area contributed by atoms with E-state index in [0.29, 0.717) is 34.6 Å². The predicted molar refractivity (Wildman–Crippen MR) is 220 cm³/mol. The molecule has 264 valence electrons. The summed E-state index contributed by atoms with van der Waals surface area (Å²) in [4.78, 5) is 25.3. The summed E-state index contributed by atoms with van der Waals surface area (Å²) in [5.74, 6) is 2.27. The minimum absolute atomic E-state index is 0. The van der Waals surface area contributed by atoms with Crippen molar-refractivity contribution in [2.75, 3.05) is 0 Å². The van der Waals surface area contributed by atoms with Crippen molar-refractivity contribution in [1.82, 2.24) is 24.9 Å². The Morgan fingerprint density at radius 3 is 1.79 bits per heavy atom. The zero-order valence-electron chi connectivity index (χ0n) is 30.1. The summed E-state index contributed by atoms with van der Waals surface area (Å²) in [5, 5.41) is 2.97. The van der Waals surface area contributed by atoms with Crippen LogP contribution in [0.5, 0.6) is 0 Å². The maximum atomic E-state index is 6.47. The van der Waals surface area contributed by atoms with Crippen molar-refractivity contribution in [2.45, 2.75) is 0 Å². The first-order valence-electron chi connectivity index (χ1n) is 18.2. The number of nitrogens with zero attached hydrogens (tertiary/aromatic N) is 5. The van der Waals surface area contributed by atoms with E-state index in [-0.39, 0.29) is 31.1 Å². The number of fused-ring (bicyclic) bond motifs is 6. The van der Waals surface area contributed by atoms with Gasteiger partial charge in [0, 0.05) is 32.8 Å². The first-order chi connectivity index (χ1) is 27.7. The molecule has 0 aliphatic carbocycles. The third-order valence-corrected chi connectivity index (χ3v) is 10.00. The molecule has 7 aromatic carbocycles. The van der Waals surface area contributed by atoms with Gasteiger partial charge in [0.25, 0.3) is 0 Å². The summed E-state index contributed by atoms with van der Waals surface area (Å²) < 4.78 is 12.6. The number of hydrogen-bond acceptors (Lipinski definition) is 7. The van der Waals surface area contributed by atoms with Gasteiger partial charge >= 0.3 is 31.1 Å². The van der Waals surface area contributed by atoms with Crippen molar-refractivity contribution in [2.24, 2.45) is 0 Å². The van der Waals surface area contributed by atoms with Crippen molar-refractivity contribution in [3.8, 4) is 67.9 Å². The minimum Gasteiger partial charge on any atom is -0.456 e. The van der Waals surface area contributed by atoms with Gasteiger partial charge in [0.15, 0.2) is 17.2 Å². The Labute approximate surface area is 350 Å². The molecule has 7 nitrogen and oxygen atoms in total. The number of rotatable bonds is 6. The molecule has 0 unspecified atom stereocenters. The monoisotopic (exact) mass is 955 g/mol. The van der Waals surface area contributed by atoms with Gasteiger partial charge in [-0.05, 0) is 36.4 Å². The predicted octanol–water partition coefficient (Wildman–Crippen LogP) is 12.1. The number of benzene rings is 7. The van der Waals surface area contributed by atoms with E-state index >= 15 is 0 Å². The van der Waals surface area contributed by atoms with Crippen LogP contribution in [0.1, 0.15) is 0 Å². The summed E-state index contributed by atoms with van der Waals surface area (Å²) in [7, 11) is 0. The standard InChI is InChI=1S/C49H27N5O2.U/c1-3-14-30(15-4-1)46-52-47(31-16-5-2-6-17-31)54-49(53-46)37-22-8-7-20-35(37)32-18-13-19-34(28-32)48-50-43(45-44(51-48)38-23-10-12-25-41(38)56-45)33-26-27-42-39(29-33)36-21-9-11-24-40(36)55-42;/h1-17,19,21-29H;/q-2;+2. The first-order valence-corrected chi connectivity index (χ1v) is 18.2. The molecule has 0 fully saturated rings. The molecule has 11 rings (SSSR count). The zero-order chi connectivity index (χ0) is 37.0. The molecule has 57 heavy (non-hydrogen) atoms. The van der Waals surface area contributed by atoms with Crippen LogP contribution in [-0.4, -0.2) is 24.9 Å². The van der Waals surface area contributed by atoms with Crippen molar-refractivity contribution in [3.63, 3.8) is 0 Å². The molecule has 0 N–H and O–H groups in total. The molecule has 0 saturated carbocycles. The van der Waals surface area contributed by atoms with Crippen LogP contribution >= 0.6 is 0 Å². The van der Waals surface area contributed by atoms with Crippen LogP contribution in [-0.2, 0) is 0 Å². The molecule has 0 saturated heterocycles. The van der Waals surface area contributed by atoms with Crippen molar-refractivity contribution < 1.29 is 39.9 Å². The molecule has 0 atom stereocenters. The van der Waals surface area contributed by atoms with E-state index in [0.717, 1.165) is 77.4 Å². The minimum atomic E-state index is 0. The maximum Gasteiger partial charge on any atom is 2.00 e. The van der Waals surface area contributed by atoms with E-state index in [9.17, 15) is 0 Å². The summed E-state index contributed by atoms with van der Waals surface area (Å²) in [5.41, 5.74) is 10.4. The van der Waals surface area contributed by atoms with E-state index in [1.165, 1.54) is 0 Å². The number of furan rings is 2. The van der Waals surface area contributed by atoms with Crippen molar-refractivity contribution in [3.05, 3.63) is 176 Å². The SMILES string of the molecule is [U+2].[c-]1ccc(-c2nc(-c3ccc4oc5ccccc5c4c3)c3oc4ccccc4c3n2)cc1-c1[c-]cccc1-c1nc(-c2ccccc2)nc(-c2ccccc2)n1. The zero-order valence-corrected chi connectivity index (χ0v) is 34.3. The molecule has 0 aliphatic heterocycles. The van der Waals surface area contributed by atoms with Gasteiger partial charge in [-0.3, -0.25) is 0 Å². The summed E-state index contributed by atoms with van der Waals surface area (Å²) in [6, 6.07) is 60.8. The third-order valence-electron chi connectivity index (χ3n) is 10.00. The summed E-state index contributed by atoms with van der Waals surface area (Å²) in [6.45, 7) is 0. The molecule has 8 heteroatoms. The topological polar surface area (TPSA) is 90.7 Å². The molecule has 4 heterocycles. The largest absolute Gasteiger partial charge is 2.00 e. The maximum absolute atomic E-state index is 6.47. The van der Waals surface area contributed by atoms with Gasteiger partial charge in [-0.1, -0.05) is 96.6 Å². The number of para-hydroxylation sites is 2. The first kappa shape index (κ1) is 34.7. The number of hydrogen-bond donors (Lipinski definition) is 0. The molecule has 0 spiro atoms. The second kappa shape index (κ2) is 14.4. The molecular weight excluding hydrogens is 929 g/mol. The van der Waals surface area contributed by atoms with Crippen molar-refractivity contribution in [1.29, 1.82) is 0 Å². The Hall–Kier alpha value is -6.72. The van der Waals surface area contributed by atoms with Crippen LogP contribution in [0.15, 0.2) is 173 Å². The Morgan fingerprint density at radius 1 is 0.404 bits per heavy atom. The quantitative estimate of drug-likeness (QED) is 0.153. The Morgan fingerprint density at radius 2 is 1.04 bits per heavy atom. The average molecular weight is 956 g/mol. The van der Waals surface area contributed by atoms with E-state index in [4.69, 9.17) is 33.8 Å². The van der Waals surface area contributed by atoms with Crippen LogP contribution in [0.2, 0.25) is 0 Å². The number of aromatic nitrogens is 5. The van der Waals surface area contributed by atoms with E-state index < -0.39 is 0 Å². The van der Waals surface area contributed by atoms with E-state index in [2.05, 4.69) is 24.3 Å². The molecule has 0 aliphatic rings. The molecule has 4 aromatic heterocycles. The smallest absolute Gasteiger partial charge is 0.456 e. The summed E-state index contributed by atoms with van der Waals surface area (Å²) in [6.07, 6.45) is 0. The van der Waals surface area contributed by atoms with Gasteiger partial charge in [0.1, 0.15) is 39.6 Å². The van der Waals surface area contributed by atoms with Gasteiger partial charge in [0.2, 0.25) is 0 Å². The van der Waals surface area contributed by atoms with Gasteiger partial charge in [-0.25, -0.2) is 36.0 Å². The molecular formula is C49H27N5O2U. The molecule has 0 amide bonds. The van der Waals surface area contributed by atoms with Gasteiger partial charge in [-0.2, -0.15) is 30.3 Å². The Bertz CT molecular complexity index is 3210. The fourth-order valence-electron chi connectivity index (χ4n) is 7.31. The Balaban J connectivity index is 0.00000396. The molecule has 0 bridgehead atoms. The van der Waals surface area contributed by atoms with Crippen LogP contribution in [0.4, 0.5) is 0 Å². The normalized spacial score (nSPS) is 11.4. The second-order valence-electron chi connectivity index (χ2n) is 13.5. The second-order valence-corrected chi connectivity index (χ2v) is 13.5. The van der Waals surface area contributed by atoms with Crippen molar-refractivity contribution >= 4 is 44.0 Å². The van der Waals surface area contributed by atoms with Gasteiger partial charge < -0.3 is 8.83 Å². The third kappa shape index (κ3) is 6.20. The van der Waals surface area contributed by atoms with Crippen LogP contribution in [0.25, 0.3) is 112 Å². The Kier molecular flexibility index (Phi) is 8.79. The summed E-state index contributed by atoms with van der Waals surface area (Å²) >= 11 is 0. The van der Waals surface area contributed by atoms with E-state index in [1.807, 2.05) is 152 Å². The van der Waals surface area contributed by atoms with Gasteiger partial charge in [-0.15, -0.1) is 23.8 Å². The van der Waals surface area contributed by atoms with Crippen LogP contribution in [0, 0.1) is 43.2 Å².